The van der Waals surface area contributed by atoms with E-state index in [0.717, 1.165) is 12.1 Å². The van der Waals surface area contributed by atoms with Gasteiger partial charge in [-0.3, -0.25) is 0 Å². The first-order valence-electron chi connectivity index (χ1n) is 7.65. The summed E-state index contributed by atoms with van der Waals surface area (Å²) in [5, 5.41) is 19.1. The van der Waals surface area contributed by atoms with Gasteiger partial charge in [0.25, 0.3) is 0 Å². The summed E-state index contributed by atoms with van der Waals surface area (Å²) in [6, 6.07) is 7.99. The molecule has 1 aromatic carbocycles. The number of hydrogen-bond acceptors (Lipinski definition) is 5. The zero-order chi connectivity index (χ0) is 18.2. The molecule has 1 saturated heterocycles. The SMILES string of the molecule is Cc1cc(C#N)nc(N2C[C@H](O)C[C@H]2c2cccc(C(F)(F)F)c2)n1. The van der Waals surface area contributed by atoms with Gasteiger partial charge in [-0.1, -0.05) is 12.1 Å². The van der Waals surface area contributed by atoms with Crippen LogP contribution in [0.5, 0.6) is 0 Å². The molecule has 8 heteroatoms. The summed E-state index contributed by atoms with van der Waals surface area (Å²) in [7, 11) is 0. The second-order valence-electron chi connectivity index (χ2n) is 5.99. The van der Waals surface area contributed by atoms with E-state index in [2.05, 4.69) is 9.97 Å². The van der Waals surface area contributed by atoms with Crippen LogP contribution in [0.4, 0.5) is 19.1 Å². The van der Waals surface area contributed by atoms with Crippen molar-refractivity contribution in [3.8, 4) is 6.07 Å². The maximum atomic E-state index is 13.0. The molecular weight excluding hydrogens is 333 g/mol. The van der Waals surface area contributed by atoms with E-state index in [1.54, 1.807) is 17.9 Å². The Morgan fingerprint density at radius 2 is 2.04 bits per heavy atom. The van der Waals surface area contributed by atoms with Crippen LogP contribution in [0.15, 0.2) is 30.3 Å². The fourth-order valence-electron chi connectivity index (χ4n) is 3.01. The average molecular weight is 348 g/mol. The maximum absolute atomic E-state index is 13.0. The van der Waals surface area contributed by atoms with Gasteiger partial charge in [-0.2, -0.15) is 18.4 Å². The number of halogens is 3. The van der Waals surface area contributed by atoms with E-state index in [1.807, 2.05) is 6.07 Å². The molecule has 1 aliphatic rings. The lowest BCUT2D eigenvalue weighted by atomic mass is 10.0. The quantitative estimate of drug-likeness (QED) is 0.903. The van der Waals surface area contributed by atoms with Crippen molar-refractivity contribution in [3.63, 3.8) is 0 Å². The molecule has 25 heavy (non-hydrogen) atoms. The number of aliphatic hydroxyl groups excluding tert-OH is 1. The maximum Gasteiger partial charge on any atom is 0.416 e. The van der Waals surface area contributed by atoms with Gasteiger partial charge in [0.1, 0.15) is 11.8 Å². The second-order valence-corrected chi connectivity index (χ2v) is 5.99. The Morgan fingerprint density at radius 1 is 1.28 bits per heavy atom. The number of rotatable bonds is 2. The van der Waals surface area contributed by atoms with Crippen LogP contribution in [0.2, 0.25) is 0 Å². The molecule has 0 radical (unpaired) electrons. The minimum absolute atomic E-state index is 0.173. The van der Waals surface area contributed by atoms with Crippen molar-refractivity contribution < 1.29 is 18.3 Å². The third-order valence-electron chi connectivity index (χ3n) is 4.09. The lowest BCUT2D eigenvalue weighted by molar-refractivity contribution is -0.137. The van der Waals surface area contributed by atoms with Crippen molar-refractivity contribution in [2.24, 2.45) is 0 Å². The van der Waals surface area contributed by atoms with Gasteiger partial charge in [0.05, 0.1) is 17.7 Å². The van der Waals surface area contributed by atoms with Gasteiger partial charge in [-0.25, -0.2) is 9.97 Å². The Bertz CT molecular complexity index is 831. The first-order valence-corrected chi connectivity index (χ1v) is 7.65. The number of nitriles is 1. The summed E-state index contributed by atoms with van der Waals surface area (Å²) < 4.78 is 38.9. The number of aliphatic hydroxyl groups is 1. The minimum atomic E-state index is -4.44. The molecular formula is C17H15F3N4O. The van der Waals surface area contributed by atoms with Gasteiger partial charge in [-0.05, 0) is 37.1 Å². The first kappa shape index (κ1) is 17.2. The van der Waals surface area contributed by atoms with E-state index in [0.29, 0.717) is 11.3 Å². The molecule has 5 nitrogen and oxygen atoms in total. The standard InChI is InChI=1S/C17H15F3N4O/c1-10-5-13(8-21)23-16(22-10)24-9-14(25)7-15(24)11-3-2-4-12(6-11)17(18,19)20/h2-6,14-15,25H,7,9H2,1H3/t14-,15+/m1/s1. The Hall–Kier alpha value is -2.66. The van der Waals surface area contributed by atoms with Crippen LogP contribution in [0.25, 0.3) is 0 Å². The number of nitrogens with zero attached hydrogens (tertiary/aromatic N) is 4. The summed E-state index contributed by atoms with van der Waals surface area (Å²) in [5.41, 5.74) is 0.432. The van der Waals surface area contributed by atoms with Gasteiger partial charge >= 0.3 is 6.18 Å². The third kappa shape index (κ3) is 3.56. The number of β-amino-alcohol motifs (C(OH)–C–C–N with tert-alkyl or cyclic N) is 1. The van der Waals surface area contributed by atoms with Gasteiger partial charge < -0.3 is 10.0 Å². The van der Waals surface area contributed by atoms with E-state index in [4.69, 9.17) is 5.26 Å². The largest absolute Gasteiger partial charge is 0.416 e. The van der Waals surface area contributed by atoms with Crippen molar-refractivity contribution in [1.29, 1.82) is 5.26 Å². The number of aryl methyl sites for hydroxylation is 1. The second kappa shape index (κ2) is 6.33. The lowest BCUT2D eigenvalue weighted by Gasteiger charge is -2.25. The molecule has 0 aliphatic carbocycles. The summed E-state index contributed by atoms with van der Waals surface area (Å²) in [4.78, 5) is 10.1. The van der Waals surface area contributed by atoms with Crippen LogP contribution in [0, 0.1) is 18.3 Å². The van der Waals surface area contributed by atoms with Crippen molar-refractivity contribution in [2.45, 2.75) is 31.7 Å². The van der Waals surface area contributed by atoms with Crippen LogP contribution in [-0.2, 0) is 6.18 Å². The highest BCUT2D eigenvalue weighted by molar-refractivity contribution is 5.43. The lowest BCUT2D eigenvalue weighted by Crippen LogP contribution is -2.27. The first-order chi connectivity index (χ1) is 11.8. The monoisotopic (exact) mass is 348 g/mol. The Balaban J connectivity index is 2.01. The fourth-order valence-corrected chi connectivity index (χ4v) is 3.01. The van der Waals surface area contributed by atoms with E-state index in [9.17, 15) is 18.3 Å². The average Bonchev–Trinajstić information content (AvgIpc) is 2.95. The highest BCUT2D eigenvalue weighted by atomic mass is 19.4. The molecule has 1 fully saturated rings. The molecule has 0 amide bonds. The normalized spacial score (nSPS) is 20.6. The fraction of sp³-hybridized carbons (Fsp3) is 0.353. The summed E-state index contributed by atoms with van der Waals surface area (Å²) in [5.74, 6) is 0.232. The number of hydrogen-bond donors (Lipinski definition) is 1. The van der Waals surface area contributed by atoms with Crippen LogP contribution in [0.3, 0.4) is 0 Å². The number of benzene rings is 1. The highest BCUT2D eigenvalue weighted by Gasteiger charge is 2.36. The topological polar surface area (TPSA) is 73.0 Å². The van der Waals surface area contributed by atoms with Crippen LogP contribution in [-0.4, -0.2) is 27.7 Å². The molecule has 1 aromatic heterocycles. The zero-order valence-electron chi connectivity index (χ0n) is 13.3. The summed E-state index contributed by atoms with van der Waals surface area (Å²) in [6.45, 7) is 1.90. The van der Waals surface area contributed by atoms with Crippen molar-refractivity contribution in [2.75, 3.05) is 11.4 Å². The smallest absolute Gasteiger partial charge is 0.391 e. The molecule has 2 aromatic rings. The van der Waals surface area contributed by atoms with Crippen molar-refractivity contribution in [3.05, 3.63) is 52.8 Å². The van der Waals surface area contributed by atoms with E-state index >= 15 is 0 Å². The van der Waals surface area contributed by atoms with Gasteiger partial charge in [0, 0.05) is 12.2 Å². The molecule has 0 spiro atoms. The number of alkyl halides is 3. The molecule has 0 saturated carbocycles. The number of anilines is 1. The van der Waals surface area contributed by atoms with Gasteiger partial charge in [0.15, 0.2) is 0 Å². The van der Waals surface area contributed by atoms with Gasteiger partial charge in [-0.15, -0.1) is 0 Å². The van der Waals surface area contributed by atoms with Crippen molar-refractivity contribution >= 4 is 5.95 Å². The molecule has 130 valence electrons. The van der Waals surface area contributed by atoms with E-state index < -0.39 is 23.9 Å². The zero-order valence-corrected chi connectivity index (χ0v) is 13.3. The molecule has 0 unspecified atom stereocenters. The Kier molecular flexibility index (Phi) is 4.35. The van der Waals surface area contributed by atoms with Gasteiger partial charge in [0.2, 0.25) is 5.95 Å². The van der Waals surface area contributed by atoms with E-state index in [-0.39, 0.29) is 24.6 Å². The Labute approximate surface area is 142 Å². The predicted octanol–water partition coefficient (Wildman–Crippen LogP) is 2.99. The Morgan fingerprint density at radius 3 is 2.72 bits per heavy atom. The summed E-state index contributed by atoms with van der Waals surface area (Å²) >= 11 is 0. The van der Waals surface area contributed by atoms with Crippen LogP contribution < -0.4 is 4.90 Å². The minimum Gasteiger partial charge on any atom is -0.391 e. The number of aromatic nitrogens is 2. The van der Waals surface area contributed by atoms with Crippen molar-refractivity contribution in [1.82, 2.24) is 9.97 Å². The molecule has 2 atom stereocenters. The van der Waals surface area contributed by atoms with E-state index in [1.165, 1.54) is 12.1 Å². The molecule has 1 N–H and O–H groups in total. The van der Waals surface area contributed by atoms with Crippen LogP contribution in [0.1, 0.15) is 35.0 Å². The molecule has 1 aliphatic heterocycles. The third-order valence-corrected chi connectivity index (χ3v) is 4.09. The molecule has 0 bridgehead atoms. The predicted molar refractivity (Wildman–Crippen MR) is 83.6 cm³/mol. The molecule has 3 rings (SSSR count). The highest BCUT2D eigenvalue weighted by Crippen LogP contribution is 2.37. The molecule has 2 heterocycles. The van der Waals surface area contributed by atoms with Crippen LogP contribution >= 0.6 is 0 Å². The summed E-state index contributed by atoms with van der Waals surface area (Å²) in [6.07, 6.45) is -4.89.